The number of fused-ring (bicyclic) bond motifs is 1. The van der Waals surface area contributed by atoms with Crippen LogP contribution in [-0.2, 0) is 17.6 Å². The minimum absolute atomic E-state index is 0.00969. The lowest BCUT2D eigenvalue weighted by atomic mass is 9.89. The van der Waals surface area contributed by atoms with Crippen molar-refractivity contribution in [3.05, 3.63) is 59.2 Å². The van der Waals surface area contributed by atoms with E-state index in [1.54, 1.807) is 6.07 Å². The molecular formula is C16H15NO3. The first-order valence-electron chi connectivity index (χ1n) is 6.51. The fraction of sp³-hybridized carbons (Fsp3) is 0.188. The minimum Gasteiger partial charge on any atom is -0.508 e. The van der Waals surface area contributed by atoms with Gasteiger partial charge >= 0.3 is 0 Å². The SMILES string of the molecule is O=C1Cc2c(O)cc(O)cc2C(Cc2ccccc2)N1. The van der Waals surface area contributed by atoms with Crippen molar-refractivity contribution in [2.45, 2.75) is 18.9 Å². The first-order valence-corrected chi connectivity index (χ1v) is 6.51. The number of carbonyl (C=O) groups is 1. The molecule has 2 aromatic carbocycles. The molecule has 4 heteroatoms. The molecule has 4 nitrogen and oxygen atoms in total. The van der Waals surface area contributed by atoms with Crippen molar-refractivity contribution in [1.82, 2.24) is 5.32 Å². The molecule has 1 amide bonds. The molecular weight excluding hydrogens is 254 g/mol. The average Bonchev–Trinajstić information content (AvgIpc) is 2.41. The monoisotopic (exact) mass is 269 g/mol. The van der Waals surface area contributed by atoms with Gasteiger partial charge in [0.2, 0.25) is 5.91 Å². The summed E-state index contributed by atoms with van der Waals surface area (Å²) in [5, 5.41) is 22.5. The van der Waals surface area contributed by atoms with Crippen LogP contribution in [0.2, 0.25) is 0 Å². The highest BCUT2D eigenvalue weighted by Gasteiger charge is 2.27. The summed E-state index contributed by atoms with van der Waals surface area (Å²) in [6.07, 6.45) is 0.773. The van der Waals surface area contributed by atoms with Gasteiger partial charge < -0.3 is 15.5 Å². The number of carbonyl (C=O) groups excluding carboxylic acids is 1. The quantitative estimate of drug-likeness (QED) is 0.781. The van der Waals surface area contributed by atoms with Gasteiger partial charge in [0.15, 0.2) is 0 Å². The van der Waals surface area contributed by atoms with E-state index < -0.39 is 0 Å². The molecule has 0 radical (unpaired) electrons. The summed E-state index contributed by atoms with van der Waals surface area (Å²) in [5.41, 5.74) is 2.48. The third kappa shape index (κ3) is 2.32. The Bertz CT molecular complexity index is 652. The molecule has 0 bridgehead atoms. The second kappa shape index (κ2) is 4.89. The van der Waals surface area contributed by atoms with E-state index in [2.05, 4.69) is 5.32 Å². The molecule has 1 aliphatic heterocycles. The van der Waals surface area contributed by atoms with Gasteiger partial charge in [-0.05, 0) is 23.6 Å². The van der Waals surface area contributed by atoms with Gasteiger partial charge in [-0.3, -0.25) is 4.79 Å². The molecule has 3 N–H and O–H groups in total. The lowest BCUT2D eigenvalue weighted by molar-refractivity contribution is -0.121. The third-order valence-electron chi connectivity index (χ3n) is 3.58. The fourth-order valence-electron chi connectivity index (χ4n) is 2.66. The van der Waals surface area contributed by atoms with Crippen LogP contribution in [0.25, 0.3) is 0 Å². The van der Waals surface area contributed by atoms with E-state index in [0.717, 1.165) is 11.1 Å². The standard InChI is InChI=1S/C16H15NO3/c18-11-7-12-13(15(19)8-11)9-16(20)17-14(12)6-10-4-2-1-3-5-10/h1-5,7-8,14,18-19H,6,9H2,(H,17,20). The molecule has 1 heterocycles. The summed E-state index contributed by atoms with van der Waals surface area (Å²) < 4.78 is 0. The number of rotatable bonds is 2. The van der Waals surface area contributed by atoms with Gasteiger partial charge in [0, 0.05) is 11.6 Å². The molecule has 1 atom stereocenters. The van der Waals surface area contributed by atoms with E-state index in [1.165, 1.54) is 6.07 Å². The number of hydrogen-bond donors (Lipinski definition) is 3. The van der Waals surface area contributed by atoms with Crippen LogP contribution in [0.3, 0.4) is 0 Å². The van der Waals surface area contributed by atoms with E-state index in [0.29, 0.717) is 12.0 Å². The fourth-order valence-corrected chi connectivity index (χ4v) is 2.66. The first-order chi connectivity index (χ1) is 9.63. The Balaban J connectivity index is 1.99. The molecule has 102 valence electrons. The third-order valence-corrected chi connectivity index (χ3v) is 3.58. The van der Waals surface area contributed by atoms with Crippen LogP contribution in [0.5, 0.6) is 11.5 Å². The minimum atomic E-state index is -0.230. The molecule has 0 saturated carbocycles. The lowest BCUT2D eigenvalue weighted by Crippen LogP contribution is -2.36. The van der Waals surface area contributed by atoms with Crippen LogP contribution in [0.15, 0.2) is 42.5 Å². The second-order valence-electron chi connectivity index (χ2n) is 5.02. The van der Waals surface area contributed by atoms with Crippen LogP contribution >= 0.6 is 0 Å². The Labute approximate surface area is 116 Å². The summed E-state index contributed by atoms with van der Waals surface area (Å²) in [6.45, 7) is 0. The molecule has 20 heavy (non-hydrogen) atoms. The Kier molecular flexibility index (Phi) is 3.06. The Morgan fingerprint density at radius 3 is 2.65 bits per heavy atom. The van der Waals surface area contributed by atoms with E-state index in [9.17, 15) is 15.0 Å². The maximum Gasteiger partial charge on any atom is 0.225 e. The Morgan fingerprint density at radius 1 is 1.15 bits per heavy atom. The van der Waals surface area contributed by atoms with Crippen molar-refractivity contribution in [2.24, 2.45) is 0 Å². The van der Waals surface area contributed by atoms with E-state index in [4.69, 9.17) is 0 Å². The van der Waals surface area contributed by atoms with Crippen LogP contribution < -0.4 is 5.32 Å². The van der Waals surface area contributed by atoms with Crippen LogP contribution in [0, 0.1) is 0 Å². The molecule has 3 rings (SSSR count). The first kappa shape index (κ1) is 12.5. The average molecular weight is 269 g/mol. The van der Waals surface area contributed by atoms with Gasteiger partial charge in [-0.15, -0.1) is 0 Å². The summed E-state index contributed by atoms with van der Waals surface area (Å²) in [5.74, 6) is -0.122. The van der Waals surface area contributed by atoms with Gasteiger partial charge in [0.05, 0.1) is 12.5 Å². The van der Waals surface area contributed by atoms with Crippen molar-refractivity contribution < 1.29 is 15.0 Å². The molecule has 1 unspecified atom stereocenters. The van der Waals surface area contributed by atoms with Crippen LogP contribution in [0.4, 0.5) is 0 Å². The maximum atomic E-state index is 11.8. The summed E-state index contributed by atoms with van der Waals surface area (Å²) in [4.78, 5) is 11.8. The summed E-state index contributed by atoms with van der Waals surface area (Å²) in [7, 11) is 0. The summed E-state index contributed by atoms with van der Waals surface area (Å²) in [6, 6.07) is 12.5. The zero-order chi connectivity index (χ0) is 14.1. The van der Waals surface area contributed by atoms with Crippen LogP contribution in [-0.4, -0.2) is 16.1 Å². The molecule has 2 aromatic rings. The lowest BCUT2D eigenvalue weighted by Gasteiger charge is -2.27. The number of amides is 1. The van der Waals surface area contributed by atoms with E-state index in [-0.39, 0.29) is 29.9 Å². The number of nitrogens with one attached hydrogen (secondary N) is 1. The van der Waals surface area contributed by atoms with Gasteiger partial charge in [0.1, 0.15) is 11.5 Å². The number of aromatic hydroxyl groups is 2. The number of phenols is 2. The normalized spacial score (nSPS) is 17.4. The molecule has 0 fully saturated rings. The number of benzene rings is 2. The highest BCUT2D eigenvalue weighted by molar-refractivity contribution is 5.82. The van der Waals surface area contributed by atoms with Gasteiger partial charge in [-0.1, -0.05) is 30.3 Å². The van der Waals surface area contributed by atoms with Crippen molar-refractivity contribution in [2.75, 3.05) is 0 Å². The van der Waals surface area contributed by atoms with Crippen molar-refractivity contribution >= 4 is 5.91 Å². The molecule has 0 aromatic heterocycles. The van der Waals surface area contributed by atoms with E-state index >= 15 is 0 Å². The zero-order valence-corrected chi connectivity index (χ0v) is 10.8. The van der Waals surface area contributed by atoms with Crippen molar-refractivity contribution in [1.29, 1.82) is 0 Å². The molecule has 0 aliphatic carbocycles. The van der Waals surface area contributed by atoms with Crippen molar-refractivity contribution in [3.63, 3.8) is 0 Å². The smallest absolute Gasteiger partial charge is 0.225 e. The van der Waals surface area contributed by atoms with Gasteiger partial charge in [-0.25, -0.2) is 0 Å². The Hall–Kier alpha value is -2.49. The second-order valence-corrected chi connectivity index (χ2v) is 5.02. The molecule has 0 spiro atoms. The van der Waals surface area contributed by atoms with Crippen LogP contribution in [0.1, 0.15) is 22.7 Å². The highest BCUT2D eigenvalue weighted by atomic mass is 16.3. The van der Waals surface area contributed by atoms with E-state index in [1.807, 2.05) is 30.3 Å². The van der Waals surface area contributed by atoms with Crippen molar-refractivity contribution in [3.8, 4) is 11.5 Å². The summed E-state index contributed by atoms with van der Waals surface area (Å²) >= 11 is 0. The van der Waals surface area contributed by atoms with Gasteiger partial charge in [0.25, 0.3) is 0 Å². The highest BCUT2D eigenvalue weighted by Crippen LogP contribution is 2.35. The number of phenolic OH excluding ortho intramolecular Hbond substituents is 2. The Morgan fingerprint density at radius 2 is 1.90 bits per heavy atom. The maximum absolute atomic E-state index is 11.8. The number of hydrogen-bond acceptors (Lipinski definition) is 3. The molecule has 0 saturated heterocycles. The van der Waals surface area contributed by atoms with Gasteiger partial charge in [-0.2, -0.15) is 0 Å². The molecule has 1 aliphatic rings. The largest absolute Gasteiger partial charge is 0.508 e. The predicted octanol–water partition coefficient (Wildman–Crippen LogP) is 2.05. The predicted molar refractivity (Wildman–Crippen MR) is 74.5 cm³/mol. The topological polar surface area (TPSA) is 69.6 Å². The zero-order valence-electron chi connectivity index (χ0n) is 10.8.